The number of halogens is 1. The lowest BCUT2D eigenvalue weighted by molar-refractivity contribution is 0.208. The van der Waals surface area contributed by atoms with Crippen molar-refractivity contribution in [3.8, 4) is 0 Å². The molecule has 2 atom stereocenters. The number of hydrogen-bond donors (Lipinski definition) is 2. The largest absolute Gasteiger partial charge is 0.381 e. The summed E-state index contributed by atoms with van der Waals surface area (Å²) in [6.45, 7) is 8.46. The van der Waals surface area contributed by atoms with Gasteiger partial charge in [0.1, 0.15) is 0 Å². The van der Waals surface area contributed by atoms with Crippen LogP contribution in [0.15, 0.2) is 30.3 Å². The third-order valence-electron chi connectivity index (χ3n) is 4.48. The standard InChI is InChI=1S/C16H25N3.ClH/c1-16(8-9-17-12-16)13-19-10-7-15(11-19)18-14-5-3-2-4-6-14;/h2-6,15,17-18H,7-13H2,1H3;1H. The van der Waals surface area contributed by atoms with Crippen molar-refractivity contribution in [3.05, 3.63) is 30.3 Å². The summed E-state index contributed by atoms with van der Waals surface area (Å²) in [5.74, 6) is 0. The second kappa shape index (κ2) is 6.79. The van der Waals surface area contributed by atoms with Crippen LogP contribution in [0.3, 0.4) is 0 Å². The van der Waals surface area contributed by atoms with E-state index in [1.165, 1.54) is 51.3 Å². The molecule has 20 heavy (non-hydrogen) atoms. The molecule has 2 aliphatic heterocycles. The molecule has 2 fully saturated rings. The summed E-state index contributed by atoms with van der Waals surface area (Å²) in [4.78, 5) is 2.63. The topological polar surface area (TPSA) is 27.3 Å². The van der Waals surface area contributed by atoms with Crippen LogP contribution in [0.2, 0.25) is 0 Å². The van der Waals surface area contributed by atoms with Gasteiger partial charge in [-0.1, -0.05) is 25.1 Å². The third-order valence-corrected chi connectivity index (χ3v) is 4.48. The summed E-state index contributed by atoms with van der Waals surface area (Å²) >= 11 is 0. The molecule has 1 aromatic rings. The molecule has 112 valence electrons. The van der Waals surface area contributed by atoms with Gasteiger partial charge in [-0.3, -0.25) is 0 Å². The highest BCUT2D eigenvalue weighted by Crippen LogP contribution is 2.27. The summed E-state index contributed by atoms with van der Waals surface area (Å²) in [5.41, 5.74) is 1.74. The Balaban J connectivity index is 0.00000147. The maximum atomic E-state index is 3.65. The molecular formula is C16H26ClN3. The Kier molecular flexibility index (Phi) is 5.30. The van der Waals surface area contributed by atoms with E-state index in [-0.39, 0.29) is 12.4 Å². The van der Waals surface area contributed by atoms with Crippen LogP contribution in [-0.2, 0) is 0 Å². The molecule has 2 N–H and O–H groups in total. The highest BCUT2D eigenvalue weighted by atomic mass is 35.5. The van der Waals surface area contributed by atoms with E-state index >= 15 is 0 Å². The van der Waals surface area contributed by atoms with Crippen molar-refractivity contribution < 1.29 is 0 Å². The third kappa shape index (κ3) is 3.87. The van der Waals surface area contributed by atoms with Gasteiger partial charge in [0.2, 0.25) is 0 Å². The zero-order valence-corrected chi connectivity index (χ0v) is 13.1. The van der Waals surface area contributed by atoms with E-state index in [0.29, 0.717) is 11.5 Å². The summed E-state index contributed by atoms with van der Waals surface area (Å²) in [6.07, 6.45) is 2.58. The molecule has 1 aromatic carbocycles. The van der Waals surface area contributed by atoms with Gasteiger partial charge in [-0.25, -0.2) is 0 Å². The minimum atomic E-state index is 0. The molecule has 4 heteroatoms. The molecule has 2 heterocycles. The van der Waals surface area contributed by atoms with E-state index < -0.39 is 0 Å². The Morgan fingerprint density at radius 3 is 2.85 bits per heavy atom. The molecule has 3 nitrogen and oxygen atoms in total. The normalized spacial score (nSPS) is 30.1. The number of nitrogens with zero attached hydrogens (tertiary/aromatic N) is 1. The van der Waals surface area contributed by atoms with Crippen LogP contribution in [0.4, 0.5) is 5.69 Å². The van der Waals surface area contributed by atoms with Gasteiger partial charge in [0.15, 0.2) is 0 Å². The predicted molar refractivity (Wildman–Crippen MR) is 87.8 cm³/mol. The van der Waals surface area contributed by atoms with Gasteiger partial charge < -0.3 is 15.5 Å². The number of hydrogen-bond acceptors (Lipinski definition) is 3. The van der Waals surface area contributed by atoms with Crippen LogP contribution in [0.25, 0.3) is 0 Å². The van der Waals surface area contributed by atoms with Gasteiger partial charge in [-0.05, 0) is 36.9 Å². The fourth-order valence-corrected chi connectivity index (χ4v) is 3.41. The first-order chi connectivity index (χ1) is 9.23. The summed E-state index contributed by atoms with van der Waals surface area (Å²) in [5, 5.41) is 7.15. The highest BCUT2D eigenvalue weighted by Gasteiger charge is 2.33. The monoisotopic (exact) mass is 295 g/mol. The van der Waals surface area contributed by atoms with Gasteiger partial charge in [0, 0.05) is 37.9 Å². The van der Waals surface area contributed by atoms with Crippen LogP contribution in [0.1, 0.15) is 19.8 Å². The number of para-hydroxylation sites is 1. The van der Waals surface area contributed by atoms with Crippen molar-refractivity contribution in [1.82, 2.24) is 10.2 Å². The Bertz CT molecular complexity index is 403. The molecular weight excluding hydrogens is 270 g/mol. The average molecular weight is 296 g/mol. The second-order valence-corrected chi connectivity index (χ2v) is 6.47. The maximum absolute atomic E-state index is 3.65. The van der Waals surface area contributed by atoms with Gasteiger partial charge in [0.25, 0.3) is 0 Å². The molecule has 0 radical (unpaired) electrons. The molecule has 0 bridgehead atoms. The molecule has 3 rings (SSSR count). The van der Waals surface area contributed by atoms with E-state index in [4.69, 9.17) is 0 Å². The number of likely N-dealkylation sites (tertiary alicyclic amines) is 1. The second-order valence-electron chi connectivity index (χ2n) is 6.47. The first-order valence-corrected chi connectivity index (χ1v) is 7.48. The zero-order valence-electron chi connectivity index (χ0n) is 12.3. The number of nitrogens with one attached hydrogen (secondary N) is 2. The van der Waals surface area contributed by atoms with Crippen molar-refractivity contribution in [2.45, 2.75) is 25.8 Å². The fourth-order valence-electron chi connectivity index (χ4n) is 3.41. The molecule has 0 amide bonds. The van der Waals surface area contributed by atoms with Gasteiger partial charge in [-0.15, -0.1) is 12.4 Å². The highest BCUT2D eigenvalue weighted by molar-refractivity contribution is 5.85. The molecule has 2 saturated heterocycles. The smallest absolute Gasteiger partial charge is 0.0400 e. The van der Waals surface area contributed by atoms with Crippen molar-refractivity contribution in [2.24, 2.45) is 5.41 Å². The maximum Gasteiger partial charge on any atom is 0.0400 e. The SMILES string of the molecule is CC1(CN2CCC(Nc3ccccc3)C2)CCNC1.Cl. The minimum absolute atomic E-state index is 0. The summed E-state index contributed by atoms with van der Waals surface area (Å²) in [7, 11) is 0. The Morgan fingerprint density at radius 1 is 1.35 bits per heavy atom. The summed E-state index contributed by atoms with van der Waals surface area (Å²) < 4.78 is 0. The zero-order chi connectivity index (χ0) is 13.1. The van der Waals surface area contributed by atoms with E-state index in [1.54, 1.807) is 0 Å². The van der Waals surface area contributed by atoms with Crippen LogP contribution in [0.5, 0.6) is 0 Å². The Morgan fingerprint density at radius 2 is 2.15 bits per heavy atom. The van der Waals surface area contributed by atoms with Gasteiger partial charge in [0.05, 0.1) is 0 Å². The lowest BCUT2D eigenvalue weighted by Crippen LogP contribution is -2.37. The van der Waals surface area contributed by atoms with E-state index in [0.717, 1.165) is 0 Å². The first kappa shape index (κ1) is 15.6. The molecule has 0 spiro atoms. The van der Waals surface area contributed by atoms with Crippen molar-refractivity contribution in [2.75, 3.05) is 38.0 Å². The van der Waals surface area contributed by atoms with Crippen molar-refractivity contribution in [1.29, 1.82) is 0 Å². The lowest BCUT2D eigenvalue weighted by atomic mass is 9.89. The molecule has 0 aromatic heterocycles. The number of rotatable bonds is 4. The van der Waals surface area contributed by atoms with Crippen molar-refractivity contribution in [3.63, 3.8) is 0 Å². The summed E-state index contributed by atoms with van der Waals surface area (Å²) in [6, 6.07) is 11.2. The molecule has 0 aliphatic carbocycles. The quantitative estimate of drug-likeness (QED) is 0.894. The molecule has 0 saturated carbocycles. The van der Waals surface area contributed by atoms with Crippen LogP contribution in [-0.4, -0.2) is 43.7 Å². The van der Waals surface area contributed by atoms with E-state index in [2.05, 4.69) is 52.8 Å². The Hall–Kier alpha value is -0.770. The van der Waals surface area contributed by atoms with Crippen LogP contribution < -0.4 is 10.6 Å². The molecule has 2 aliphatic rings. The van der Waals surface area contributed by atoms with Crippen LogP contribution in [0, 0.1) is 5.41 Å². The van der Waals surface area contributed by atoms with E-state index in [9.17, 15) is 0 Å². The first-order valence-electron chi connectivity index (χ1n) is 7.48. The predicted octanol–water partition coefficient (Wildman–Crippen LogP) is 2.59. The fraction of sp³-hybridized carbons (Fsp3) is 0.625. The van der Waals surface area contributed by atoms with Crippen LogP contribution >= 0.6 is 12.4 Å². The Labute approximate surface area is 128 Å². The number of anilines is 1. The van der Waals surface area contributed by atoms with Crippen molar-refractivity contribution >= 4 is 18.1 Å². The van der Waals surface area contributed by atoms with E-state index in [1.807, 2.05) is 0 Å². The van der Waals surface area contributed by atoms with Gasteiger partial charge in [-0.2, -0.15) is 0 Å². The molecule has 2 unspecified atom stereocenters. The average Bonchev–Trinajstić information content (AvgIpc) is 3.01. The van der Waals surface area contributed by atoms with Gasteiger partial charge >= 0.3 is 0 Å². The number of benzene rings is 1. The minimum Gasteiger partial charge on any atom is -0.381 e. The lowest BCUT2D eigenvalue weighted by Gasteiger charge is -2.29.